The molecule has 7 rings (SSSR count). The number of halogens is 1. The Hall–Kier alpha value is -4.92. The fourth-order valence-electron chi connectivity index (χ4n) is 7.05. The molecule has 0 radical (unpaired) electrons. The number of nitrogen functional groups attached to an aromatic ring is 1. The second-order valence-electron chi connectivity index (χ2n) is 13.9. The van der Waals surface area contributed by atoms with Crippen LogP contribution in [0.25, 0.3) is 0 Å². The van der Waals surface area contributed by atoms with Crippen molar-refractivity contribution in [2.45, 2.75) is 61.9 Å². The first kappa shape index (κ1) is 38.8. The summed E-state index contributed by atoms with van der Waals surface area (Å²) in [6.07, 6.45) is 1.07. The molecule has 0 saturated carbocycles. The van der Waals surface area contributed by atoms with E-state index in [1.54, 1.807) is 0 Å². The van der Waals surface area contributed by atoms with E-state index in [4.69, 9.17) is 22.2 Å². The Morgan fingerprint density at radius 1 is 1.15 bits per heavy atom. The van der Waals surface area contributed by atoms with E-state index in [0.717, 1.165) is 22.3 Å². The van der Waals surface area contributed by atoms with Gasteiger partial charge in [0, 0.05) is 35.1 Å². The fraction of sp³-hybridized carbons (Fsp3) is 0.455. The van der Waals surface area contributed by atoms with E-state index < -0.39 is 79.9 Å². The summed E-state index contributed by atoms with van der Waals surface area (Å²) < 4.78 is 0.419. The fourth-order valence-corrected chi connectivity index (χ4v) is 9.28. The van der Waals surface area contributed by atoms with Crippen molar-refractivity contribution in [2.75, 3.05) is 38.5 Å². The van der Waals surface area contributed by atoms with Crippen LogP contribution in [0, 0.1) is 0 Å². The van der Waals surface area contributed by atoms with Crippen molar-refractivity contribution in [3.8, 4) is 11.5 Å². The molecule has 4 saturated heterocycles. The normalized spacial score (nSPS) is 25.4. The van der Waals surface area contributed by atoms with Gasteiger partial charge >= 0.3 is 11.9 Å². The van der Waals surface area contributed by atoms with Gasteiger partial charge in [-0.25, -0.2) is 14.6 Å². The Balaban J connectivity index is 1.19. The third kappa shape index (κ3) is 6.93. The number of phenols is 2. The number of thiazole rings is 1. The summed E-state index contributed by atoms with van der Waals surface area (Å²) in [5.41, 5.74) is 3.59. The smallest absolute Gasteiger partial charge is 0.352 e. The quantitative estimate of drug-likeness (QED) is 0.0355. The zero-order valence-corrected chi connectivity index (χ0v) is 31.5. The zero-order chi connectivity index (χ0) is 39.4. The second-order valence-corrected chi connectivity index (χ2v) is 16.7. The molecule has 1 aromatic heterocycles. The molecule has 54 heavy (non-hydrogen) atoms. The van der Waals surface area contributed by atoms with Crippen LogP contribution >= 0.6 is 34.7 Å². The lowest BCUT2D eigenvalue weighted by molar-refractivity contribution is -0.925. The van der Waals surface area contributed by atoms with Gasteiger partial charge in [0.05, 0.1) is 36.8 Å². The number of nitrogens with zero attached hydrogens (tertiary/aromatic N) is 5. The molecule has 288 valence electrons. The first-order valence-corrected chi connectivity index (χ1v) is 18.9. The van der Waals surface area contributed by atoms with Gasteiger partial charge < -0.3 is 45.7 Å². The predicted molar refractivity (Wildman–Crippen MR) is 194 cm³/mol. The average molecular weight is 807 g/mol. The lowest BCUT2D eigenvalue weighted by Crippen LogP contribution is -2.72. The van der Waals surface area contributed by atoms with Gasteiger partial charge in [0.2, 0.25) is 5.60 Å². The molecule has 0 spiro atoms. The van der Waals surface area contributed by atoms with E-state index in [-0.39, 0.29) is 41.2 Å². The van der Waals surface area contributed by atoms with E-state index in [0.29, 0.717) is 42.5 Å². The molecular weight excluding hydrogens is 770 g/mol. The van der Waals surface area contributed by atoms with Crippen LogP contribution in [0.3, 0.4) is 0 Å². The topological polar surface area (TPSA) is 262 Å². The number of Topliss-reactive ketones (excluding diaryl/α,β-unsaturated/α-hetero) is 1. The maximum absolute atomic E-state index is 13.6. The summed E-state index contributed by atoms with van der Waals surface area (Å²) in [7, 11) is 0. The van der Waals surface area contributed by atoms with Crippen molar-refractivity contribution in [2.24, 2.45) is 5.16 Å². The average Bonchev–Trinajstić information content (AvgIpc) is 3.37. The Kier molecular flexibility index (Phi) is 10.3. The minimum atomic E-state index is -1.81. The lowest BCUT2D eigenvalue weighted by Gasteiger charge is -2.52. The van der Waals surface area contributed by atoms with Crippen LogP contribution in [0.1, 0.15) is 49.7 Å². The number of amides is 3. The lowest BCUT2D eigenvalue weighted by atomic mass is 9.97. The third-order valence-electron chi connectivity index (χ3n) is 10.2. The van der Waals surface area contributed by atoms with Crippen LogP contribution in [0.4, 0.5) is 5.13 Å². The van der Waals surface area contributed by atoms with Crippen molar-refractivity contribution in [1.82, 2.24) is 20.1 Å². The number of nitrogens with one attached hydrogen (secondary N) is 1. The molecule has 5 aliphatic heterocycles. The highest BCUT2D eigenvalue weighted by Crippen LogP contribution is 2.45. The summed E-state index contributed by atoms with van der Waals surface area (Å²) in [6.45, 7) is 6.30. The standard InChI is InChI=1S/C33H36ClN7O11S2/c1-14-17(12-41-9-6-15(7-10-41)39(8-11-41)28(47)24(43)16-4-5-19(42)25(44)20(16)34)23(30(48)49)40-27(46)22(29(40)54-14)37-26(45)21(18-13-53-32(35)36-18)38-52-33(2,3)31(50)51/h4-5,13-15,22,29H,6-12H2,1-3H3,(H6-,35,36,37,38,42,43,44,45,47,48,49,50,51)/p+1/t14-,15?,22+,29+,41?/m0/s1. The number of aromatic nitrogens is 1. The molecule has 2 aromatic rings. The number of carbonyl (C=O) groups is 6. The van der Waals surface area contributed by atoms with E-state index in [1.807, 2.05) is 6.92 Å². The monoisotopic (exact) mass is 806 g/mol. The summed E-state index contributed by atoms with van der Waals surface area (Å²) in [5.74, 6) is -7.20. The van der Waals surface area contributed by atoms with Gasteiger partial charge in [0.15, 0.2) is 22.3 Å². The Bertz CT molecular complexity index is 2030. The largest absolute Gasteiger partial charge is 0.504 e. The number of aromatic hydroxyl groups is 2. The number of fused-ring (bicyclic) bond motifs is 5. The number of anilines is 1. The molecule has 0 unspecified atom stereocenters. The number of aliphatic carboxylic acids is 2. The van der Waals surface area contributed by atoms with Crippen molar-refractivity contribution >= 4 is 81.0 Å². The molecule has 6 heterocycles. The predicted octanol–water partition coefficient (Wildman–Crippen LogP) is 1.21. The van der Waals surface area contributed by atoms with Gasteiger partial charge in [-0.15, -0.1) is 23.1 Å². The summed E-state index contributed by atoms with van der Waals surface area (Å²) >= 11 is 8.37. The van der Waals surface area contributed by atoms with Crippen LogP contribution in [0.5, 0.6) is 11.5 Å². The minimum absolute atomic E-state index is 0.0129. The second kappa shape index (κ2) is 14.4. The number of carbonyl (C=O) groups excluding carboxylic acids is 4. The number of phenolic OH excluding ortho intramolecular Hbond substituents is 2. The number of oxime groups is 1. The van der Waals surface area contributed by atoms with Gasteiger partial charge in [-0.2, -0.15) is 0 Å². The molecule has 1 aromatic carbocycles. The van der Waals surface area contributed by atoms with Crippen molar-refractivity contribution in [1.29, 1.82) is 0 Å². The molecule has 21 heteroatoms. The third-order valence-corrected chi connectivity index (χ3v) is 12.7. The number of quaternary nitrogens is 1. The van der Waals surface area contributed by atoms with E-state index >= 15 is 0 Å². The number of hydrogen-bond donors (Lipinski definition) is 6. The van der Waals surface area contributed by atoms with Crippen molar-refractivity contribution < 1.29 is 58.5 Å². The number of ketones is 1. The molecular formula is C33H37ClN7O11S2+. The number of carboxylic acid groups (broad SMARTS) is 2. The van der Waals surface area contributed by atoms with Crippen LogP contribution in [-0.2, 0) is 28.8 Å². The molecule has 0 aliphatic carbocycles. The first-order valence-electron chi connectivity index (χ1n) is 16.7. The molecule has 3 atom stereocenters. The van der Waals surface area contributed by atoms with Gasteiger partial charge in [-0.1, -0.05) is 16.8 Å². The molecule has 5 aliphatic rings. The summed E-state index contributed by atoms with van der Waals surface area (Å²) in [5, 5.41) is 45.8. The number of hydrogen-bond acceptors (Lipinski definition) is 14. The van der Waals surface area contributed by atoms with E-state index in [1.165, 1.54) is 42.0 Å². The Labute approximate surface area is 320 Å². The highest BCUT2D eigenvalue weighted by Gasteiger charge is 2.57. The maximum atomic E-state index is 13.6. The zero-order valence-electron chi connectivity index (χ0n) is 29.1. The van der Waals surface area contributed by atoms with Gasteiger partial charge in [-0.05, 0) is 32.9 Å². The number of benzene rings is 1. The number of carboxylic acids is 2. The molecule has 2 bridgehead atoms. The van der Waals surface area contributed by atoms with Crippen molar-refractivity contribution in [3.05, 3.63) is 45.1 Å². The Morgan fingerprint density at radius 3 is 2.44 bits per heavy atom. The molecule has 3 amide bonds. The molecule has 4 fully saturated rings. The SMILES string of the molecule is C[C@@H]1S[C@@H]2[C@H](NC(=O)/C(=N\OC(C)(C)C(=O)O)c3csc(N)n3)C(=O)N2C(C(=O)O)=C1C[N+]12CCC(CC1)N(C(=O)C(=O)c1ccc(O)c(O)c1Cl)CC2. The van der Waals surface area contributed by atoms with Gasteiger partial charge in [-0.3, -0.25) is 24.1 Å². The van der Waals surface area contributed by atoms with Crippen LogP contribution in [0.2, 0.25) is 5.02 Å². The van der Waals surface area contributed by atoms with Crippen LogP contribution in [-0.4, -0.2) is 142 Å². The molecule has 18 nitrogen and oxygen atoms in total. The summed E-state index contributed by atoms with van der Waals surface area (Å²) in [4.78, 5) is 90.1. The number of nitrogens with two attached hydrogens (primary N) is 1. The van der Waals surface area contributed by atoms with Crippen LogP contribution < -0.4 is 11.1 Å². The van der Waals surface area contributed by atoms with Gasteiger partial charge in [0.1, 0.15) is 29.4 Å². The maximum Gasteiger partial charge on any atom is 0.352 e. The Morgan fingerprint density at radius 2 is 1.83 bits per heavy atom. The summed E-state index contributed by atoms with van der Waals surface area (Å²) in [6, 6.07) is 0.838. The highest BCUT2D eigenvalue weighted by atomic mass is 35.5. The van der Waals surface area contributed by atoms with Gasteiger partial charge in [0.25, 0.3) is 23.5 Å². The number of piperidine rings is 1. The minimum Gasteiger partial charge on any atom is -0.504 e. The van der Waals surface area contributed by atoms with E-state index in [9.17, 15) is 49.2 Å². The number of thioether (sulfide) groups is 1. The van der Waals surface area contributed by atoms with Crippen LogP contribution in [0.15, 0.2) is 33.9 Å². The van der Waals surface area contributed by atoms with E-state index in [2.05, 4.69) is 15.5 Å². The first-order chi connectivity index (χ1) is 25.4. The molecule has 7 N–H and O–H groups in total. The highest BCUT2D eigenvalue weighted by molar-refractivity contribution is 8.00. The number of rotatable bonds is 11. The number of β-lactam (4-membered cyclic amide) rings is 1. The van der Waals surface area contributed by atoms with Crippen molar-refractivity contribution in [3.63, 3.8) is 0 Å².